The van der Waals surface area contributed by atoms with Crippen LogP contribution < -0.4 is 10.2 Å². The summed E-state index contributed by atoms with van der Waals surface area (Å²) in [5, 5.41) is 2.93. The van der Waals surface area contributed by atoms with Crippen LogP contribution >= 0.6 is 11.8 Å². The summed E-state index contributed by atoms with van der Waals surface area (Å²) in [7, 11) is -3.19. The second kappa shape index (κ2) is 10.5. The fourth-order valence-corrected chi connectivity index (χ4v) is 8.59. The highest BCUT2D eigenvalue weighted by Gasteiger charge is 2.50. The summed E-state index contributed by atoms with van der Waals surface area (Å²) >= 11 is 1.32. The van der Waals surface area contributed by atoms with Crippen LogP contribution in [-0.4, -0.2) is 60.0 Å². The third-order valence-electron chi connectivity index (χ3n) is 6.22. The van der Waals surface area contributed by atoms with Crippen molar-refractivity contribution < 1.29 is 22.7 Å². The molecular formula is C27H33N3O5S2. The molecule has 0 aliphatic carbocycles. The molecule has 198 valence electrons. The maximum absolute atomic E-state index is 13.6. The number of aliphatic imine (C=N–C) groups is 1. The van der Waals surface area contributed by atoms with Crippen molar-refractivity contribution in [2.75, 3.05) is 16.4 Å². The van der Waals surface area contributed by atoms with E-state index in [4.69, 9.17) is 4.74 Å². The number of carbonyl (C=O) groups is 2. The molecule has 3 atom stereocenters. The first-order valence-electron chi connectivity index (χ1n) is 12.2. The Morgan fingerprint density at radius 2 is 1.73 bits per heavy atom. The lowest BCUT2D eigenvalue weighted by Gasteiger charge is -2.28. The number of hydrogen-bond acceptors (Lipinski definition) is 6. The van der Waals surface area contributed by atoms with E-state index < -0.39 is 33.5 Å². The topological polar surface area (TPSA) is 105 Å². The Bertz CT molecular complexity index is 1300. The number of fused-ring (bicyclic) bond motifs is 1. The molecule has 0 spiro atoms. The molecule has 2 fully saturated rings. The number of sulfone groups is 1. The molecule has 2 aliphatic heterocycles. The van der Waals surface area contributed by atoms with Crippen LogP contribution in [0.25, 0.3) is 0 Å². The van der Waals surface area contributed by atoms with Gasteiger partial charge < -0.3 is 15.0 Å². The Labute approximate surface area is 222 Å². The van der Waals surface area contributed by atoms with Crippen LogP contribution in [-0.2, 0) is 25.8 Å². The lowest BCUT2D eigenvalue weighted by Crippen LogP contribution is -2.45. The molecule has 10 heteroatoms. The van der Waals surface area contributed by atoms with E-state index in [2.05, 4.69) is 10.3 Å². The number of amidine groups is 1. The zero-order valence-corrected chi connectivity index (χ0v) is 23.4. The highest BCUT2D eigenvalue weighted by molar-refractivity contribution is 8.16. The van der Waals surface area contributed by atoms with Gasteiger partial charge in [-0.3, -0.25) is 4.79 Å². The van der Waals surface area contributed by atoms with Gasteiger partial charge in [-0.15, -0.1) is 0 Å². The van der Waals surface area contributed by atoms with E-state index in [0.29, 0.717) is 5.17 Å². The molecule has 37 heavy (non-hydrogen) atoms. The molecule has 2 aliphatic rings. The summed E-state index contributed by atoms with van der Waals surface area (Å²) in [6.07, 6.45) is -0.457. The highest BCUT2D eigenvalue weighted by atomic mass is 32.2. The van der Waals surface area contributed by atoms with Gasteiger partial charge in [0, 0.05) is 17.4 Å². The fraction of sp³-hybridized carbons (Fsp3) is 0.444. The number of nitrogens with zero attached hydrogens (tertiary/aromatic N) is 2. The van der Waals surface area contributed by atoms with Crippen LogP contribution in [0.5, 0.6) is 0 Å². The molecule has 2 aromatic rings. The summed E-state index contributed by atoms with van der Waals surface area (Å²) in [5.41, 5.74) is 2.95. The first-order valence-corrected chi connectivity index (χ1v) is 14.9. The van der Waals surface area contributed by atoms with Crippen molar-refractivity contribution in [1.82, 2.24) is 5.32 Å². The summed E-state index contributed by atoms with van der Waals surface area (Å²) in [6, 6.07) is 14.0. The quantitative estimate of drug-likeness (QED) is 0.607. The molecule has 0 saturated carbocycles. The monoisotopic (exact) mass is 543 g/mol. The molecule has 0 radical (unpaired) electrons. The second-order valence-corrected chi connectivity index (χ2v) is 13.9. The number of hydrogen-bond donors (Lipinski definition) is 1. The van der Waals surface area contributed by atoms with Crippen LogP contribution in [0.3, 0.4) is 0 Å². The van der Waals surface area contributed by atoms with E-state index in [1.54, 1.807) is 20.8 Å². The molecule has 8 nitrogen and oxygen atoms in total. The summed E-state index contributed by atoms with van der Waals surface area (Å²) in [5.74, 6) is -0.466. The van der Waals surface area contributed by atoms with Crippen LogP contribution in [0.1, 0.15) is 37.5 Å². The van der Waals surface area contributed by atoms with Crippen molar-refractivity contribution in [2.24, 2.45) is 4.99 Å². The number of nitrogens with one attached hydrogen (secondary N) is 1. The van der Waals surface area contributed by atoms with Crippen LogP contribution in [0.4, 0.5) is 10.5 Å². The second-order valence-electron chi connectivity index (χ2n) is 10.5. The first kappa shape index (κ1) is 27.2. The van der Waals surface area contributed by atoms with E-state index in [1.807, 2.05) is 67.3 Å². The predicted molar refractivity (Wildman–Crippen MR) is 148 cm³/mol. The highest BCUT2D eigenvalue weighted by Crippen LogP contribution is 2.43. The third-order valence-corrected chi connectivity index (χ3v) is 9.43. The van der Waals surface area contributed by atoms with Crippen LogP contribution in [0, 0.1) is 13.8 Å². The van der Waals surface area contributed by atoms with Crippen LogP contribution in [0.2, 0.25) is 0 Å². The molecule has 2 aromatic carbocycles. The lowest BCUT2D eigenvalue weighted by molar-refractivity contribution is -0.119. The van der Waals surface area contributed by atoms with E-state index >= 15 is 0 Å². The van der Waals surface area contributed by atoms with Crippen molar-refractivity contribution in [3.8, 4) is 0 Å². The minimum atomic E-state index is -3.19. The van der Waals surface area contributed by atoms with Gasteiger partial charge >= 0.3 is 6.09 Å². The number of benzene rings is 2. The Hall–Kier alpha value is -2.85. The van der Waals surface area contributed by atoms with Gasteiger partial charge in [-0.1, -0.05) is 60.3 Å². The number of carbonyl (C=O) groups excluding carboxylic acids is 2. The lowest BCUT2D eigenvalue weighted by atomic mass is 10.1. The Kier molecular flexibility index (Phi) is 7.71. The molecule has 4 rings (SSSR count). The molecule has 2 saturated heterocycles. The van der Waals surface area contributed by atoms with Gasteiger partial charge in [-0.05, 0) is 51.3 Å². The number of ether oxygens (including phenoxy) is 1. The SMILES string of the molecule is Cc1cccc(C)c1N1C(=NC(=O)[C@H](Cc2ccccc2)NC(=O)OC(C)(C)C)S[C@H]2CS(=O)(=O)C[C@@H]21. The molecular weight excluding hydrogens is 510 g/mol. The summed E-state index contributed by atoms with van der Waals surface area (Å²) < 4.78 is 30.3. The number of anilines is 1. The van der Waals surface area contributed by atoms with Crippen molar-refractivity contribution in [3.05, 3.63) is 65.2 Å². The zero-order chi connectivity index (χ0) is 27.0. The number of aryl methyl sites for hydroxylation is 2. The van der Waals surface area contributed by atoms with E-state index in [-0.39, 0.29) is 29.2 Å². The molecule has 2 heterocycles. The zero-order valence-electron chi connectivity index (χ0n) is 21.7. The summed E-state index contributed by atoms with van der Waals surface area (Å²) in [6.45, 7) is 9.19. The number of alkyl carbamates (subject to hydrolysis) is 1. The number of thioether (sulfide) groups is 1. The van der Waals surface area contributed by atoms with Gasteiger partial charge in [0.2, 0.25) is 0 Å². The summed E-state index contributed by atoms with van der Waals surface area (Å²) in [4.78, 5) is 32.6. The smallest absolute Gasteiger partial charge is 0.408 e. The van der Waals surface area contributed by atoms with Crippen molar-refractivity contribution in [3.63, 3.8) is 0 Å². The normalized spacial score (nSPS) is 22.5. The molecule has 0 unspecified atom stereocenters. The number of para-hydroxylation sites is 1. The van der Waals surface area contributed by atoms with Gasteiger partial charge in [0.05, 0.1) is 17.5 Å². The standard InChI is InChI=1S/C27H33N3O5S2/c1-17-10-9-11-18(2)23(17)30-21-15-37(33,34)16-22(21)36-25(30)29-24(31)20(14-19-12-7-6-8-13-19)28-26(32)35-27(3,4)5/h6-13,20-22H,14-16H2,1-5H3,(H,28,32)/t20-,21-,22-/m0/s1. The van der Waals surface area contributed by atoms with Gasteiger partial charge in [0.1, 0.15) is 11.6 Å². The van der Waals surface area contributed by atoms with Gasteiger partial charge in [-0.25, -0.2) is 13.2 Å². The van der Waals surface area contributed by atoms with E-state index in [9.17, 15) is 18.0 Å². The van der Waals surface area contributed by atoms with E-state index in [0.717, 1.165) is 22.4 Å². The molecule has 0 aromatic heterocycles. The largest absolute Gasteiger partial charge is 0.444 e. The first-order chi connectivity index (χ1) is 17.3. The van der Waals surface area contributed by atoms with Gasteiger partial charge in [0.25, 0.3) is 5.91 Å². The molecule has 1 N–H and O–H groups in total. The average Bonchev–Trinajstić information content (AvgIpc) is 3.24. The molecule has 2 amide bonds. The van der Waals surface area contributed by atoms with Crippen molar-refractivity contribution in [2.45, 2.75) is 64.0 Å². The average molecular weight is 544 g/mol. The maximum Gasteiger partial charge on any atom is 0.408 e. The van der Waals surface area contributed by atoms with Crippen LogP contribution in [0.15, 0.2) is 53.5 Å². The number of amides is 2. The number of rotatable bonds is 5. The molecule has 0 bridgehead atoms. The maximum atomic E-state index is 13.6. The minimum absolute atomic E-state index is 0.00918. The predicted octanol–water partition coefficient (Wildman–Crippen LogP) is 4.04. The Morgan fingerprint density at radius 1 is 1.08 bits per heavy atom. The minimum Gasteiger partial charge on any atom is -0.444 e. The Morgan fingerprint density at radius 3 is 2.35 bits per heavy atom. The fourth-order valence-electron chi connectivity index (χ4n) is 4.68. The van der Waals surface area contributed by atoms with Gasteiger partial charge in [-0.2, -0.15) is 4.99 Å². The van der Waals surface area contributed by atoms with E-state index in [1.165, 1.54) is 11.8 Å². The Balaban J connectivity index is 1.69. The van der Waals surface area contributed by atoms with Crippen molar-refractivity contribution >= 4 is 44.5 Å². The van der Waals surface area contributed by atoms with Crippen molar-refractivity contribution in [1.29, 1.82) is 0 Å². The third kappa shape index (κ3) is 6.54. The van der Waals surface area contributed by atoms with Gasteiger partial charge in [0.15, 0.2) is 15.0 Å².